The minimum atomic E-state index is -0.00169. The number of rotatable bonds is 7. The van der Waals surface area contributed by atoms with Crippen molar-refractivity contribution in [3.8, 4) is 0 Å². The second-order valence-electron chi connectivity index (χ2n) is 4.60. The lowest BCUT2D eigenvalue weighted by molar-refractivity contribution is -0.00871. The van der Waals surface area contributed by atoms with Crippen molar-refractivity contribution in [2.45, 2.75) is 45.6 Å². The Kier molecular flexibility index (Phi) is 4.20. The molecule has 0 saturated heterocycles. The van der Waals surface area contributed by atoms with E-state index < -0.39 is 0 Å². The molecule has 1 aliphatic carbocycles. The van der Waals surface area contributed by atoms with E-state index in [0.29, 0.717) is 0 Å². The highest BCUT2D eigenvalue weighted by Crippen LogP contribution is 2.31. The Balaban J connectivity index is 1.95. The van der Waals surface area contributed by atoms with Crippen LogP contribution in [0.4, 0.5) is 0 Å². The van der Waals surface area contributed by atoms with Crippen LogP contribution in [0.3, 0.4) is 0 Å². The van der Waals surface area contributed by atoms with Crippen LogP contribution in [0.25, 0.3) is 0 Å². The van der Waals surface area contributed by atoms with E-state index in [1.165, 1.54) is 19.3 Å². The summed E-state index contributed by atoms with van der Waals surface area (Å²) < 4.78 is 5.59. The lowest BCUT2D eigenvalue weighted by atomic mass is 10.1. The van der Waals surface area contributed by atoms with E-state index in [9.17, 15) is 0 Å². The van der Waals surface area contributed by atoms with Crippen molar-refractivity contribution in [2.24, 2.45) is 5.92 Å². The Morgan fingerprint density at radius 2 is 2.08 bits per heavy atom. The minimum absolute atomic E-state index is 0.00169. The molecule has 1 fully saturated rings. The van der Waals surface area contributed by atoms with Gasteiger partial charge in [-0.2, -0.15) is 0 Å². The quantitative estimate of drug-likeness (QED) is 0.614. The molecule has 0 aromatic carbocycles. The molecule has 0 aromatic heterocycles. The van der Waals surface area contributed by atoms with Gasteiger partial charge >= 0.3 is 0 Å². The molecule has 0 radical (unpaired) electrons. The number of hydrogen-bond acceptors (Lipinski definition) is 2. The van der Waals surface area contributed by atoms with E-state index >= 15 is 0 Å². The molecule has 2 heteroatoms. The normalized spacial score (nSPS) is 17.8. The van der Waals surface area contributed by atoms with Crippen molar-refractivity contribution < 1.29 is 4.74 Å². The molecule has 0 spiro atoms. The van der Waals surface area contributed by atoms with Gasteiger partial charge in [0, 0.05) is 13.2 Å². The van der Waals surface area contributed by atoms with Gasteiger partial charge in [0.05, 0.1) is 5.60 Å². The molecule has 0 unspecified atom stereocenters. The van der Waals surface area contributed by atoms with Crippen molar-refractivity contribution >= 4 is 0 Å². The van der Waals surface area contributed by atoms with E-state index in [2.05, 4.69) is 19.2 Å². The Labute approximate surface area is 82.0 Å². The summed E-state index contributed by atoms with van der Waals surface area (Å²) in [4.78, 5) is 0. The first-order valence-electron chi connectivity index (χ1n) is 5.49. The second kappa shape index (κ2) is 4.97. The SMILES string of the molecule is CCOC(C)(C)CNCCC1CC1. The van der Waals surface area contributed by atoms with Crippen LogP contribution >= 0.6 is 0 Å². The molecule has 78 valence electrons. The summed E-state index contributed by atoms with van der Waals surface area (Å²) in [6.07, 6.45) is 4.26. The summed E-state index contributed by atoms with van der Waals surface area (Å²) in [5.74, 6) is 1.03. The highest BCUT2D eigenvalue weighted by molar-refractivity contribution is 4.76. The molecule has 1 saturated carbocycles. The zero-order chi connectivity index (χ0) is 9.73. The zero-order valence-corrected chi connectivity index (χ0v) is 9.23. The maximum absolute atomic E-state index is 5.59. The average molecular weight is 185 g/mol. The van der Waals surface area contributed by atoms with Crippen molar-refractivity contribution in [2.75, 3.05) is 19.7 Å². The summed E-state index contributed by atoms with van der Waals surface area (Å²) in [7, 11) is 0. The zero-order valence-electron chi connectivity index (χ0n) is 9.23. The van der Waals surface area contributed by atoms with E-state index in [4.69, 9.17) is 4.74 Å². The first-order valence-corrected chi connectivity index (χ1v) is 5.49. The van der Waals surface area contributed by atoms with Crippen molar-refractivity contribution in [1.29, 1.82) is 0 Å². The smallest absolute Gasteiger partial charge is 0.0750 e. The van der Waals surface area contributed by atoms with Crippen LogP contribution in [0.5, 0.6) is 0 Å². The predicted octanol–water partition coefficient (Wildman–Crippen LogP) is 2.19. The lowest BCUT2D eigenvalue weighted by Gasteiger charge is -2.24. The molecule has 0 atom stereocenters. The molecule has 1 rings (SSSR count). The molecule has 0 bridgehead atoms. The van der Waals surface area contributed by atoms with E-state index in [1.54, 1.807) is 0 Å². The molecule has 0 amide bonds. The fourth-order valence-electron chi connectivity index (χ4n) is 1.54. The third kappa shape index (κ3) is 5.27. The lowest BCUT2D eigenvalue weighted by Crippen LogP contribution is -2.38. The van der Waals surface area contributed by atoms with Crippen molar-refractivity contribution in [3.63, 3.8) is 0 Å². The highest BCUT2D eigenvalue weighted by Gasteiger charge is 2.21. The second-order valence-corrected chi connectivity index (χ2v) is 4.60. The van der Waals surface area contributed by atoms with Crippen LogP contribution in [0, 0.1) is 5.92 Å². The maximum atomic E-state index is 5.59. The summed E-state index contributed by atoms with van der Waals surface area (Å²) in [6.45, 7) is 9.25. The number of ether oxygens (including phenoxy) is 1. The fraction of sp³-hybridized carbons (Fsp3) is 1.00. The molecule has 1 aliphatic rings. The van der Waals surface area contributed by atoms with Crippen molar-refractivity contribution in [1.82, 2.24) is 5.32 Å². The van der Waals surface area contributed by atoms with Gasteiger partial charge in [0.15, 0.2) is 0 Å². The van der Waals surface area contributed by atoms with Gasteiger partial charge in [0.1, 0.15) is 0 Å². The largest absolute Gasteiger partial charge is 0.375 e. The number of nitrogens with one attached hydrogen (secondary N) is 1. The van der Waals surface area contributed by atoms with Crippen LogP contribution < -0.4 is 5.32 Å². The summed E-state index contributed by atoms with van der Waals surface area (Å²) in [6, 6.07) is 0. The fourth-order valence-corrected chi connectivity index (χ4v) is 1.54. The van der Waals surface area contributed by atoms with Gasteiger partial charge in [0.25, 0.3) is 0 Å². The molecular weight excluding hydrogens is 162 g/mol. The first kappa shape index (κ1) is 11.0. The number of hydrogen-bond donors (Lipinski definition) is 1. The first-order chi connectivity index (χ1) is 6.14. The van der Waals surface area contributed by atoms with Crippen LogP contribution in [0.1, 0.15) is 40.0 Å². The summed E-state index contributed by atoms with van der Waals surface area (Å²) in [5, 5.41) is 3.46. The minimum Gasteiger partial charge on any atom is -0.375 e. The topological polar surface area (TPSA) is 21.3 Å². The van der Waals surface area contributed by atoms with Gasteiger partial charge in [-0.15, -0.1) is 0 Å². The molecule has 2 nitrogen and oxygen atoms in total. The summed E-state index contributed by atoms with van der Waals surface area (Å²) >= 11 is 0. The maximum Gasteiger partial charge on any atom is 0.0750 e. The monoisotopic (exact) mass is 185 g/mol. The Morgan fingerprint density at radius 1 is 1.38 bits per heavy atom. The van der Waals surface area contributed by atoms with Gasteiger partial charge in [-0.05, 0) is 39.7 Å². The van der Waals surface area contributed by atoms with Crippen molar-refractivity contribution in [3.05, 3.63) is 0 Å². The third-order valence-corrected chi connectivity index (χ3v) is 2.51. The Bertz CT molecular complexity index is 141. The van der Waals surface area contributed by atoms with Gasteiger partial charge in [-0.1, -0.05) is 12.8 Å². The molecule has 1 N–H and O–H groups in total. The third-order valence-electron chi connectivity index (χ3n) is 2.51. The van der Waals surface area contributed by atoms with E-state index in [-0.39, 0.29) is 5.60 Å². The van der Waals surface area contributed by atoms with Gasteiger partial charge in [-0.25, -0.2) is 0 Å². The Hall–Kier alpha value is -0.0800. The summed E-state index contributed by atoms with van der Waals surface area (Å²) in [5.41, 5.74) is -0.00169. The van der Waals surface area contributed by atoms with E-state index in [1.807, 2.05) is 6.92 Å². The predicted molar refractivity (Wildman–Crippen MR) is 55.9 cm³/mol. The van der Waals surface area contributed by atoms with Gasteiger partial charge < -0.3 is 10.1 Å². The Morgan fingerprint density at radius 3 is 2.62 bits per heavy atom. The highest BCUT2D eigenvalue weighted by atomic mass is 16.5. The molecule has 0 aliphatic heterocycles. The van der Waals surface area contributed by atoms with Crippen LogP contribution in [-0.4, -0.2) is 25.3 Å². The molecule has 0 heterocycles. The standard InChI is InChI=1S/C11H23NO/c1-4-13-11(2,3)9-12-8-7-10-5-6-10/h10,12H,4-9H2,1-3H3. The molecular formula is C11H23NO. The van der Waals surface area contributed by atoms with E-state index in [0.717, 1.165) is 25.6 Å². The van der Waals surface area contributed by atoms with Gasteiger partial charge in [-0.3, -0.25) is 0 Å². The van der Waals surface area contributed by atoms with Crippen LogP contribution in [0.15, 0.2) is 0 Å². The van der Waals surface area contributed by atoms with Crippen LogP contribution in [-0.2, 0) is 4.74 Å². The van der Waals surface area contributed by atoms with Gasteiger partial charge in [0.2, 0.25) is 0 Å². The van der Waals surface area contributed by atoms with Crippen LogP contribution in [0.2, 0.25) is 0 Å². The molecule has 13 heavy (non-hydrogen) atoms. The molecule has 0 aromatic rings. The average Bonchev–Trinajstić information content (AvgIpc) is 2.81.